The predicted octanol–water partition coefficient (Wildman–Crippen LogP) is 0.0528. The number of rotatable bonds is 5. The third-order valence-electron chi connectivity index (χ3n) is 1.42. The molecule has 0 rings (SSSR count). The van der Waals surface area contributed by atoms with Gasteiger partial charge in [-0.05, 0) is 0 Å². The van der Waals surface area contributed by atoms with Crippen LogP contribution >= 0.6 is 0 Å². The molecule has 0 aromatic rings. The van der Waals surface area contributed by atoms with E-state index in [1.807, 2.05) is 0 Å². The van der Waals surface area contributed by atoms with Crippen molar-refractivity contribution in [1.29, 1.82) is 0 Å². The Hall–Kier alpha value is -1.42. The van der Waals surface area contributed by atoms with Crippen molar-refractivity contribution in [3.05, 3.63) is 0 Å². The van der Waals surface area contributed by atoms with Gasteiger partial charge in [-0.15, -0.1) is 0 Å². The second kappa shape index (κ2) is 6.23. The molecule has 0 radical (unpaired) electrons. The zero-order valence-corrected chi connectivity index (χ0v) is 8.38. The molecule has 0 aromatic heterocycles. The summed E-state index contributed by atoms with van der Waals surface area (Å²) in [5.74, 6) is -1.88. The molecule has 2 unspecified atom stereocenters. The lowest BCUT2D eigenvalue weighted by atomic mass is 10.3. The molecule has 10 heteroatoms. The van der Waals surface area contributed by atoms with E-state index < -0.39 is 34.8 Å². The molecule has 0 bridgehead atoms. The van der Waals surface area contributed by atoms with E-state index >= 15 is 0 Å². The fourth-order valence-electron chi connectivity index (χ4n) is 0.885. The van der Waals surface area contributed by atoms with Gasteiger partial charge in [-0.3, -0.25) is 9.59 Å². The molecule has 0 heterocycles. The molecule has 2 N–H and O–H groups in total. The van der Waals surface area contributed by atoms with Gasteiger partial charge >= 0.3 is 0 Å². The standard InChI is InChI=1S/C6H10F4N4O2/c1-3(15)11-5(13(7)8)6(14(9)10)12-4(2)16/h5-6H,1-2H3,(H,11,15)(H,12,16). The van der Waals surface area contributed by atoms with Gasteiger partial charge in [-0.25, -0.2) is 0 Å². The van der Waals surface area contributed by atoms with Crippen molar-refractivity contribution in [2.24, 2.45) is 0 Å². The van der Waals surface area contributed by atoms with Crippen LogP contribution in [0.5, 0.6) is 0 Å². The molecule has 2 atom stereocenters. The summed E-state index contributed by atoms with van der Waals surface area (Å²) in [6, 6.07) is 0. The Kier molecular flexibility index (Phi) is 5.67. The number of hydrogen-bond donors (Lipinski definition) is 2. The van der Waals surface area contributed by atoms with Crippen molar-refractivity contribution in [1.82, 2.24) is 21.3 Å². The highest BCUT2D eigenvalue weighted by Crippen LogP contribution is 2.09. The topological polar surface area (TPSA) is 64.7 Å². The van der Waals surface area contributed by atoms with Gasteiger partial charge in [0.1, 0.15) is 0 Å². The highest BCUT2D eigenvalue weighted by Gasteiger charge is 2.36. The Morgan fingerprint density at radius 3 is 1.25 bits per heavy atom. The Bertz CT molecular complexity index is 237. The number of carbonyl (C=O) groups excluding carboxylic acids is 2. The average Bonchev–Trinajstić information content (AvgIpc) is 2.09. The van der Waals surface area contributed by atoms with Crippen LogP contribution in [-0.4, -0.2) is 34.8 Å². The van der Waals surface area contributed by atoms with E-state index in [4.69, 9.17) is 0 Å². The van der Waals surface area contributed by atoms with E-state index in [2.05, 4.69) is 0 Å². The highest BCUT2D eigenvalue weighted by molar-refractivity contribution is 5.74. The molecule has 0 saturated heterocycles. The minimum absolute atomic E-state index is 0.877. The SMILES string of the molecule is CC(=O)NC(C(NC(C)=O)N(F)F)N(F)F. The summed E-state index contributed by atoms with van der Waals surface area (Å²) >= 11 is 0. The van der Waals surface area contributed by atoms with E-state index in [1.165, 1.54) is 0 Å². The summed E-state index contributed by atoms with van der Waals surface area (Å²) in [6.45, 7) is 1.75. The maximum Gasteiger partial charge on any atom is 0.218 e. The monoisotopic (exact) mass is 246 g/mol. The zero-order valence-electron chi connectivity index (χ0n) is 8.38. The molecular formula is C6H10F4N4O2. The van der Waals surface area contributed by atoms with E-state index in [0.717, 1.165) is 13.8 Å². The summed E-state index contributed by atoms with van der Waals surface area (Å²) in [4.78, 5) is 21.0. The highest BCUT2D eigenvalue weighted by atomic mass is 19.4. The first-order valence-electron chi connectivity index (χ1n) is 4.01. The van der Waals surface area contributed by atoms with Crippen molar-refractivity contribution in [3.8, 4) is 0 Å². The normalized spacial score (nSPS) is 14.8. The number of carbonyl (C=O) groups is 2. The van der Waals surface area contributed by atoms with Crippen LogP contribution in [0.3, 0.4) is 0 Å². The van der Waals surface area contributed by atoms with Gasteiger partial charge in [-0.1, -0.05) is 17.9 Å². The maximum absolute atomic E-state index is 12.2. The first kappa shape index (κ1) is 14.6. The molecule has 0 fully saturated rings. The lowest BCUT2D eigenvalue weighted by Crippen LogP contribution is -2.59. The second-order valence-electron chi connectivity index (χ2n) is 2.81. The molecule has 0 saturated carbocycles. The zero-order chi connectivity index (χ0) is 12.9. The summed E-state index contributed by atoms with van der Waals surface area (Å²) in [5.41, 5.74) is 0. The van der Waals surface area contributed by atoms with Crippen molar-refractivity contribution in [2.45, 2.75) is 26.2 Å². The largest absolute Gasteiger partial charge is 0.333 e. The molecule has 6 nitrogen and oxygen atoms in total. The number of hydrogen-bond acceptors (Lipinski definition) is 4. The molecule has 0 aliphatic rings. The Morgan fingerprint density at radius 2 is 1.12 bits per heavy atom. The van der Waals surface area contributed by atoms with Crippen molar-refractivity contribution >= 4 is 11.8 Å². The lowest BCUT2D eigenvalue weighted by molar-refractivity contribution is -0.268. The minimum Gasteiger partial charge on any atom is -0.333 e. The third-order valence-corrected chi connectivity index (χ3v) is 1.42. The van der Waals surface area contributed by atoms with E-state index in [9.17, 15) is 27.5 Å². The Labute approximate surface area is 87.9 Å². The van der Waals surface area contributed by atoms with Gasteiger partial charge in [0.2, 0.25) is 11.8 Å². The van der Waals surface area contributed by atoms with Gasteiger partial charge in [0, 0.05) is 24.5 Å². The maximum atomic E-state index is 12.2. The predicted molar refractivity (Wildman–Crippen MR) is 43.3 cm³/mol. The Balaban J connectivity index is 4.79. The van der Waals surface area contributed by atoms with Crippen LogP contribution in [0.25, 0.3) is 0 Å². The van der Waals surface area contributed by atoms with Crippen LogP contribution in [-0.2, 0) is 9.59 Å². The quantitative estimate of drug-likeness (QED) is 0.409. The number of amides is 2. The van der Waals surface area contributed by atoms with Gasteiger partial charge in [0.15, 0.2) is 12.3 Å². The number of nitrogens with one attached hydrogen (secondary N) is 2. The van der Waals surface area contributed by atoms with Gasteiger partial charge < -0.3 is 10.6 Å². The molecule has 0 aromatic carbocycles. The molecular weight excluding hydrogens is 236 g/mol. The molecule has 2 amide bonds. The van der Waals surface area contributed by atoms with E-state index in [1.54, 1.807) is 10.6 Å². The van der Waals surface area contributed by atoms with Crippen LogP contribution in [0.15, 0.2) is 0 Å². The number of nitrogens with zero attached hydrogens (tertiary/aromatic N) is 2. The van der Waals surface area contributed by atoms with Crippen LogP contribution in [0.2, 0.25) is 0 Å². The smallest absolute Gasteiger partial charge is 0.218 e. The van der Waals surface area contributed by atoms with Gasteiger partial charge in [-0.2, -0.15) is 0 Å². The fraction of sp³-hybridized carbons (Fsp3) is 0.667. The average molecular weight is 246 g/mol. The van der Waals surface area contributed by atoms with E-state index in [0.29, 0.717) is 0 Å². The van der Waals surface area contributed by atoms with Crippen LogP contribution in [0, 0.1) is 0 Å². The molecule has 94 valence electrons. The lowest BCUT2D eigenvalue weighted by Gasteiger charge is -2.26. The summed E-state index contributed by atoms with van der Waals surface area (Å²) < 4.78 is 48.9. The van der Waals surface area contributed by atoms with Crippen molar-refractivity contribution in [3.63, 3.8) is 0 Å². The summed E-state index contributed by atoms with van der Waals surface area (Å²) in [7, 11) is 0. The van der Waals surface area contributed by atoms with E-state index in [-0.39, 0.29) is 0 Å². The van der Waals surface area contributed by atoms with Crippen LogP contribution < -0.4 is 10.6 Å². The summed E-state index contributed by atoms with van der Waals surface area (Å²) in [6.07, 6.45) is -4.70. The molecule has 0 spiro atoms. The van der Waals surface area contributed by atoms with Crippen LogP contribution in [0.1, 0.15) is 13.8 Å². The summed E-state index contributed by atoms with van der Waals surface area (Å²) in [5, 5.41) is -0.128. The molecule has 16 heavy (non-hydrogen) atoms. The third kappa shape index (κ3) is 4.89. The minimum atomic E-state index is -2.35. The fourth-order valence-corrected chi connectivity index (χ4v) is 0.885. The number of halogens is 4. The molecule has 0 aliphatic heterocycles. The first-order valence-corrected chi connectivity index (χ1v) is 4.01. The van der Waals surface area contributed by atoms with Crippen molar-refractivity contribution < 1.29 is 27.5 Å². The van der Waals surface area contributed by atoms with Crippen LogP contribution in [0.4, 0.5) is 17.9 Å². The van der Waals surface area contributed by atoms with Crippen molar-refractivity contribution in [2.75, 3.05) is 0 Å². The van der Waals surface area contributed by atoms with Gasteiger partial charge in [0.05, 0.1) is 0 Å². The molecule has 0 aliphatic carbocycles. The Morgan fingerprint density at radius 1 is 0.875 bits per heavy atom. The van der Waals surface area contributed by atoms with Gasteiger partial charge in [0.25, 0.3) is 0 Å². The first-order chi connectivity index (χ1) is 7.25. The second-order valence-corrected chi connectivity index (χ2v) is 2.81.